The van der Waals surface area contributed by atoms with Crippen LogP contribution in [-0.4, -0.2) is 37.4 Å². The van der Waals surface area contributed by atoms with Gasteiger partial charge in [0.2, 0.25) is 0 Å². The van der Waals surface area contributed by atoms with Crippen molar-refractivity contribution >= 4 is 17.3 Å². The summed E-state index contributed by atoms with van der Waals surface area (Å²) >= 11 is 0. The van der Waals surface area contributed by atoms with Crippen molar-refractivity contribution in [2.24, 2.45) is 0 Å². The van der Waals surface area contributed by atoms with Crippen molar-refractivity contribution in [1.82, 2.24) is 5.16 Å². The number of amides is 1. The fourth-order valence-electron chi connectivity index (χ4n) is 3.16. The Balaban J connectivity index is 1.59. The number of hydrogen-bond acceptors (Lipinski definition) is 5. The minimum absolute atomic E-state index is 0.243. The molecular weight excluding hydrogens is 342 g/mol. The molecule has 0 saturated carbocycles. The summed E-state index contributed by atoms with van der Waals surface area (Å²) in [6.45, 7) is 4.99. The van der Waals surface area contributed by atoms with E-state index in [1.807, 2.05) is 55.5 Å². The average Bonchev–Trinajstić information content (AvgIpc) is 3.20. The van der Waals surface area contributed by atoms with Crippen LogP contribution in [0.3, 0.4) is 0 Å². The van der Waals surface area contributed by atoms with Gasteiger partial charge in [0, 0.05) is 18.7 Å². The summed E-state index contributed by atoms with van der Waals surface area (Å²) in [6, 6.07) is 15.6. The quantitative estimate of drug-likeness (QED) is 0.765. The standard InChI is InChI=1S/C21H21N3O3/c1-15-6-8-16(9-7-15)20-17(14-22-27-20)21(25)23-18-4-2-3-5-19(18)24-10-12-26-13-11-24/h2-9,14H,10-13H2,1H3,(H,23,25). The van der Waals surface area contributed by atoms with Crippen LogP contribution in [0.15, 0.2) is 59.3 Å². The normalized spacial score (nSPS) is 14.2. The lowest BCUT2D eigenvalue weighted by Crippen LogP contribution is -2.36. The highest BCUT2D eigenvalue weighted by Gasteiger charge is 2.20. The lowest BCUT2D eigenvalue weighted by molar-refractivity contribution is 0.102. The highest BCUT2D eigenvalue weighted by molar-refractivity contribution is 6.09. The maximum Gasteiger partial charge on any atom is 0.261 e. The molecule has 1 amide bonds. The van der Waals surface area contributed by atoms with E-state index in [1.165, 1.54) is 6.20 Å². The third-order valence-corrected chi connectivity index (χ3v) is 4.63. The number of nitrogens with zero attached hydrogens (tertiary/aromatic N) is 2. The van der Waals surface area contributed by atoms with Crippen molar-refractivity contribution in [3.05, 3.63) is 65.9 Å². The zero-order valence-electron chi connectivity index (χ0n) is 15.1. The van der Waals surface area contributed by atoms with E-state index in [9.17, 15) is 4.79 Å². The monoisotopic (exact) mass is 363 g/mol. The number of anilines is 2. The van der Waals surface area contributed by atoms with Crippen LogP contribution in [0, 0.1) is 6.92 Å². The Morgan fingerprint density at radius 3 is 2.59 bits per heavy atom. The van der Waals surface area contributed by atoms with E-state index in [0.29, 0.717) is 24.5 Å². The first-order valence-electron chi connectivity index (χ1n) is 8.97. The van der Waals surface area contributed by atoms with E-state index in [-0.39, 0.29) is 5.91 Å². The fourth-order valence-corrected chi connectivity index (χ4v) is 3.16. The van der Waals surface area contributed by atoms with Crippen LogP contribution >= 0.6 is 0 Å². The predicted octanol–water partition coefficient (Wildman–Crippen LogP) is 3.74. The van der Waals surface area contributed by atoms with Gasteiger partial charge in [-0.1, -0.05) is 47.1 Å². The lowest BCUT2D eigenvalue weighted by atomic mass is 10.1. The smallest absolute Gasteiger partial charge is 0.261 e. The molecule has 2 aromatic carbocycles. The largest absolute Gasteiger partial charge is 0.378 e. The van der Waals surface area contributed by atoms with Gasteiger partial charge in [0.05, 0.1) is 30.8 Å². The molecule has 1 fully saturated rings. The van der Waals surface area contributed by atoms with Gasteiger partial charge in [-0.15, -0.1) is 0 Å². The minimum Gasteiger partial charge on any atom is -0.378 e. The molecule has 3 aromatic rings. The highest BCUT2D eigenvalue weighted by atomic mass is 16.5. The van der Waals surface area contributed by atoms with E-state index >= 15 is 0 Å². The summed E-state index contributed by atoms with van der Waals surface area (Å²) in [6.07, 6.45) is 1.46. The molecule has 1 N–H and O–H groups in total. The first-order valence-corrected chi connectivity index (χ1v) is 8.97. The molecular formula is C21H21N3O3. The van der Waals surface area contributed by atoms with Crippen molar-refractivity contribution in [2.45, 2.75) is 6.92 Å². The zero-order chi connectivity index (χ0) is 18.6. The van der Waals surface area contributed by atoms with Crippen LogP contribution in [0.4, 0.5) is 11.4 Å². The second kappa shape index (κ2) is 7.63. The summed E-state index contributed by atoms with van der Waals surface area (Å²) in [4.78, 5) is 15.1. The molecule has 6 heteroatoms. The van der Waals surface area contributed by atoms with E-state index in [2.05, 4.69) is 15.4 Å². The molecule has 0 aliphatic carbocycles. The van der Waals surface area contributed by atoms with Crippen LogP contribution in [-0.2, 0) is 4.74 Å². The Bertz CT molecular complexity index is 928. The van der Waals surface area contributed by atoms with Crippen LogP contribution in [0.25, 0.3) is 11.3 Å². The predicted molar refractivity (Wildman–Crippen MR) is 104 cm³/mol. The van der Waals surface area contributed by atoms with Gasteiger partial charge in [0.15, 0.2) is 5.76 Å². The van der Waals surface area contributed by atoms with Crippen LogP contribution < -0.4 is 10.2 Å². The van der Waals surface area contributed by atoms with Crippen molar-refractivity contribution in [3.8, 4) is 11.3 Å². The number of carbonyl (C=O) groups excluding carboxylic acids is 1. The van der Waals surface area contributed by atoms with Gasteiger partial charge in [-0.25, -0.2) is 0 Å². The maximum absolute atomic E-state index is 12.9. The van der Waals surface area contributed by atoms with Crippen LogP contribution in [0.1, 0.15) is 15.9 Å². The second-order valence-electron chi connectivity index (χ2n) is 6.51. The van der Waals surface area contributed by atoms with Gasteiger partial charge in [0.1, 0.15) is 5.56 Å². The Hall–Kier alpha value is -3.12. The number of benzene rings is 2. The lowest BCUT2D eigenvalue weighted by Gasteiger charge is -2.30. The minimum atomic E-state index is -0.243. The Labute approximate surface area is 157 Å². The molecule has 1 aromatic heterocycles. The molecule has 138 valence electrons. The summed E-state index contributed by atoms with van der Waals surface area (Å²) in [5, 5.41) is 6.84. The molecule has 27 heavy (non-hydrogen) atoms. The van der Waals surface area contributed by atoms with Gasteiger partial charge in [-0.2, -0.15) is 0 Å². The number of rotatable bonds is 4. The third-order valence-electron chi connectivity index (χ3n) is 4.63. The molecule has 4 rings (SSSR count). The Morgan fingerprint density at radius 1 is 1.07 bits per heavy atom. The van der Waals surface area contributed by atoms with Gasteiger partial charge >= 0.3 is 0 Å². The SMILES string of the molecule is Cc1ccc(-c2oncc2C(=O)Nc2ccccc2N2CCOCC2)cc1. The van der Waals surface area contributed by atoms with E-state index in [4.69, 9.17) is 9.26 Å². The third kappa shape index (κ3) is 3.71. The van der Waals surface area contributed by atoms with Crippen molar-refractivity contribution < 1.29 is 14.1 Å². The molecule has 1 saturated heterocycles. The molecule has 0 atom stereocenters. The van der Waals surface area contributed by atoms with E-state index in [1.54, 1.807) is 0 Å². The average molecular weight is 363 g/mol. The number of aromatic nitrogens is 1. The summed E-state index contributed by atoms with van der Waals surface area (Å²) in [7, 11) is 0. The van der Waals surface area contributed by atoms with Crippen molar-refractivity contribution in [2.75, 3.05) is 36.5 Å². The van der Waals surface area contributed by atoms with Gasteiger partial charge in [-0.3, -0.25) is 4.79 Å². The summed E-state index contributed by atoms with van der Waals surface area (Å²) < 4.78 is 10.8. The fraction of sp³-hybridized carbons (Fsp3) is 0.238. The topological polar surface area (TPSA) is 67.6 Å². The number of nitrogens with one attached hydrogen (secondary N) is 1. The van der Waals surface area contributed by atoms with Crippen LogP contribution in [0.2, 0.25) is 0 Å². The van der Waals surface area contributed by atoms with E-state index in [0.717, 1.165) is 35.6 Å². The molecule has 2 heterocycles. The number of carbonyl (C=O) groups is 1. The number of para-hydroxylation sites is 2. The second-order valence-corrected chi connectivity index (χ2v) is 6.51. The molecule has 6 nitrogen and oxygen atoms in total. The zero-order valence-corrected chi connectivity index (χ0v) is 15.1. The first kappa shape index (κ1) is 17.3. The maximum atomic E-state index is 12.9. The number of ether oxygens (including phenoxy) is 1. The molecule has 0 spiro atoms. The Kier molecular flexibility index (Phi) is 4.89. The number of morpholine rings is 1. The van der Waals surface area contributed by atoms with E-state index < -0.39 is 0 Å². The summed E-state index contributed by atoms with van der Waals surface area (Å²) in [5.41, 5.74) is 4.13. The molecule has 0 radical (unpaired) electrons. The van der Waals surface area contributed by atoms with Crippen molar-refractivity contribution in [3.63, 3.8) is 0 Å². The van der Waals surface area contributed by atoms with Gasteiger partial charge in [0.25, 0.3) is 5.91 Å². The van der Waals surface area contributed by atoms with Gasteiger partial charge < -0.3 is 19.5 Å². The van der Waals surface area contributed by atoms with Crippen LogP contribution in [0.5, 0.6) is 0 Å². The first-order chi connectivity index (χ1) is 13.2. The molecule has 0 unspecified atom stereocenters. The highest BCUT2D eigenvalue weighted by Crippen LogP contribution is 2.29. The van der Waals surface area contributed by atoms with Crippen molar-refractivity contribution in [1.29, 1.82) is 0 Å². The number of hydrogen-bond donors (Lipinski definition) is 1. The molecule has 1 aliphatic heterocycles. The molecule has 0 bridgehead atoms. The number of aryl methyl sites for hydroxylation is 1. The Morgan fingerprint density at radius 2 is 1.81 bits per heavy atom. The summed E-state index contributed by atoms with van der Waals surface area (Å²) in [5.74, 6) is 0.226. The van der Waals surface area contributed by atoms with Gasteiger partial charge in [-0.05, 0) is 19.1 Å². The molecule has 1 aliphatic rings.